The zero-order valence-electron chi connectivity index (χ0n) is 10.2. The lowest BCUT2D eigenvalue weighted by molar-refractivity contribution is 0.165. The van der Waals surface area contributed by atoms with Crippen molar-refractivity contribution < 1.29 is 4.74 Å². The van der Waals surface area contributed by atoms with E-state index in [-0.39, 0.29) is 0 Å². The summed E-state index contributed by atoms with van der Waals surface area (Å²) in [6, 6.07) is 0.514. The van der Waals surface area contributed by atoms with Gasteiger partial charge in [0.05, 0.1) is 6.61 Å². The molecular formula is C11H25NOS. The Labute approximate surface area is 93.2 Å². The molecule has 0 saturated heterocycles. The van der Waals surface area contributed by atoms with Gasteiger partial charge < -0.3 is 10.1 Å². The van der Waals surface area contributed by atoms with Crippen molar-refractivity contribution in [3.05, 3.63) is 0 Å². The first-order valence-electron chi connectivity index (χ1n) is 5.36. The minimum Gasteiger partial charge on any atom is -0.383 e. The second-order valence-corrected chi connectivity index (χ2v) is 6.40. The molecule has 1 unspecified atom stereocenters. The van der Waals surface area contributed by atoms with Crippen LogP contribution in [-0.2, 0) is 4.74 Å². The maximum absolute atomic E-state index is 5.12. The van der Waals surface area contributed by atoms with E-state index in [9.17, 15) is 0 Å². The molecule has 0 bridgehead atoms. The quantitative estimate of drug-likeness (QED) is 0.665. The third-order valence-electron chi connectivity index (χ3n) is 1.93. The molecule has 0 aromatic rings. The molecule has 0 fully saturated rings. The summed E-state index contributed by atoms with van der Waals surface area (Å²) in [5.74, 6) is 1.17. The molecule has 0 saturated carbocycles. The van der Waals surface area contributed by atoms with Crippen molar-refractivity contribution in [3.8, 4) is 0 Å². The van der Waals surface area contributed by atoms with Gasteiger partial charge in [-0.1, -0.05) is 27.7 Å². The van der Waals surface area contributed by atoms with Crippen LogP contribution in [0.1, 0.15) is 34.1 Å². The highest BCUT2D eigenvalue weighted by Crippen LogP contribution is 2.22. The second-order valence-electron chi connectivity index (χ2n) is 4.48. The van der Waals surface area contributed by atoms with Crippen LogP contribution in [0.2, 0.25) is 0 Å². The van der Waals surface area contributed by atoms with Crippen molar-refractivity contribution in [1.29, 1.82) is 0 Å². The van der Waals surface area contributed by atoms with Crippen LogP contribution in [0.25, 0.3) is 0 Å². The van der Waals surface area contributed by atoms with Crippen molar-refractivity contribution >= 4 is 11.8 Å². The fraction of sp³-hybridized carbons (Fsp3) is 1.00. The average molecular weight is 219 g/mol. The molecule has 0 aliphatic heterocycles. The molecule has 86 valence electrons. The van der Waals surface area contributed by atoms with Gasteiger partial charge in [-0.25, -0.2) is 0 Å². The Hall–Kier alpha value is 0.270. The van der Waals surface area contributed by atoms with Crippen molar-refractivity contribution in [1.82, 2.24) is 5.32 Å². The van der Waals surface area contributed by atoms with Gasteiger partial charge in [-0.2, -0.15) is 11.8 Å². The third kappa shape index (κ3) is 8.85. The van der Waals surface area contributed by atoms with E-state index >= 15 is 0 Å². The Morgan fingerprint density at radius 1 is 1.36 bits per heavy atom. The van der Waals surface area contributed by atoms with E-state index < -0.39 is 0 Å². The van der Waals surface area contributed by atoms with Gasteiger partial charge in [0, 0.05) is 30.2 Å². The van der Waals surface area contributed by atoms with Gasteiger partial charge in [0.25, 0.3) is 0 Å². The van der Waals surface area contributed by atoms with Gasteiger partial charge >= 0.3 is 0 Å². The molecule has 0 heterocycles. The topological polar surface area (TPSA) is 21.3 Å². The molecular weight excluding hydrogens is 194 g/mol. The monoisotopic (exact) mass is 219 g/mol. The maximum atomic E-state index is 5.12. The number of ether oxygens (including phenoxy) is 1. The van der Waals surface area contributed by atoms with Crippen LogP contribution < -0.4 is 5.32 Å². The first kappa shape index (κ1) is 14.3. The molecule has 0 spiro atoms. The number of methoxy groups -OCH3 is 1. The molecule has 2 nitrogen and oxygen atoms in total. The minimum atomic E-state index is 0.380. The lowest BCUT2D eigenvalue weighted by atomic mass is 10.2. The summed E-state index contributed by atoms with van der Waals surface area (Å²) in [6.45, 7) is 10.8. The zero-order chi connectivity index (χ0) is 11.0. The highest BCUT2D eigenvalue weighted by Gasteiger charge is 2.10. The van der Waals surface area contributed by atoms with Crippen LogP contribution in [0.15, 0.2) is 0 Å². The Morgan fingerprint density at radius 3 is 2.43 bits per heavy atom. The molecule has 0 aliphatic carbocycles. The third-order valence-corrected chi connectivity index (χ3v) is 3.21. The molecule has 0 aromatic heterocycles. The largest absolute Gasteiger partial charge is 0.383 e. The van der Waals surface area contributed by atoms with E-state index in [1.807, 2.05) is 11.8 Å². The van der Waals surface area contributed by atoms with Crippen LogP contribution in [0, 0.1) is 0 Å². The first-order valence-corrected chi connectivity index (χ1v) is 6.34. The molecule has 0 aliphatic rings. The summed E-state index contributed by atoms with van der Waals surface area (Å²) in [4.78, 5) is 0. The second kappa shape index (κ2) is 7.55. The van der Waals surface area contributed by atoms with Gasteiger partial charge in [0.1, 0.15) is 0 Å². The van der Waals surface area contributed by atoms with E-state index in [2.05, 4.69) is 33.0 Å². The first-order chi connectivity index (χ1) is 6.49. The standard InChI is InChI=1S/C11H25NOS/c1-6-10(9-13-5)12-7-8-14-11(2,3)4/h10,12H,6-9H2,1-5H3. The minimum absolute atomic E-state index is 0.380. The average Bonchev–Trinajstić information content (AvgIpc) is 2.08. The van der Waals surface area contributed by atoms with Crippen molar-refractivity contribution in [2.24, 2.45) is 0 Å². The molecule has 1 atom stereocenters. The Bertz CT molecular complexity index is 134. The van der Waals surface area contributed by atoms with Crippen molar-refractivity contribution in [2.75, 3.05) is 26.0 Å². The van der Waals surface area contributed by atoms with Crippen LogP contribution in [0.3, 0.4) is 0 Å². The van der Waals surface area contributed by atoms with Crippen molar-refractivity contribution in [3.63, 3.8) is 0 Å². The van der Waals surface area contributed by atoms with Crippen LogP contribution in [0.4, 0.5) is 0 Å². The van der Waals surface area contributed by atoms with E-state index in [0.29, 0.717) is 10.8 Å². The van der Waals surface area contributed by atoms with E-state index in [0.717, 1.165) is 19.6 Å². The maximum Gasteiger partial charge on any atom is 0.0615 e. The lowest BCUT2D eigenvalue weighted by Crippen LogP contribution is -2.34. The van der Waals surface area contributed by atoms with Crippen LogP contribution in [-0.4, -0.2) is 36.8 Å². The number of rotatable bonds is 7. The predicted octanol–water partition coefficient (Wildman–Crippen LogP) is 2.53. The Morgan fingerprint density at radius 2 is 2.00 bits per heavy atom. The van der Waals surface area contributed by atoms with Crippen LogP contribution >= 0.6 is 11.8 Å². The lowest BCUT2D eigenvalue weighted by Gasteiger charge is -2.20. The molecule has 0 amide bonds. The summed E-state index contributed by atoms with van der Waals surface area (Å²) < 4.78 is 5.50. The Balaban J connectivity index is 3.42. The van der Waals surface area contributed by atoms with Gasteiger partial charge in [-0.15, -0.1) is 0 Å². The van der Waals surface area contributed by atoms with Crippen molar-refractivity contribution in [2.45, 2.75) is 44.9 Å². The predicted molar refractivity (Wildman–Crippen MR) is 66.2 cm³/mol. The fourth-order valence-electron chi connectivity index (χ4n) is 1.14. The summed E-state index contributed by atoms with van der Waals surface area (Å²) in [6.07, 6.45) is 1.13. The molecule has 0 rings (SSSR count). The fourth-order valence-corrected chi connectivity index (χ4v) is 1.97. The van der Waals surface area contributed by atoms with Gasteiger partial charge in [0.2, 0.25) is 0 Å². The summed E-state index contributed by atoms with van der Waals surface area (Å²) in [5, 5.41) is 3.50. The molecule has 0 aromatic carbocycles. The Kier molecular flexibility index (Phi) is 7.69. The zero-order valence-corrected chi connectivity index (χ0v) is 11.0. The highest BCUT2D eigenvalue weighted by atomic mass is 32.2. The molecule has 0 radical (unpaired) electrons. The summed E-state index contributed by atoms with van der Waals surface area (Å²) in [5.41, 5.74) is 0. The number of thioether (sulfide) groups is 1. The number of hydrogen-bond acceptors (Lipinski definition) is 3. The van der Waals surface area contributed by atoms with Crippen LogP contribution in [0.5, 0.6) is 0 Å². The highest BCUT2D eigenvalue weighted by molar-refractivity contribution is 8.00. The number of hydrogen-bond donors (Lipinski definition) is 1. The normalized spacial score (nSPS) is 14.4. The molecule has 1 N–H and O–H groups in total. The summed E-state index contributed by atoms with van der Waals surface area (Å²) in [7, 11) is 1.76. The van der Waals surface area contributed by atoms with Gasteiger partial charge in [-0.05, 0) is 6.42 Å². The van der Waals surface area contributed by atoms with Gasteiger partial charge in [0.15, 0.2) is 0 Å². The molecule has 14 heavy (non-hydrogen) atoms. The summed E-state index contributed by atoms with van der Waals surface area (Å²) >= 11 is 2.00. The number of nitrogens with one attached hydrogen (secondary N) is 1. The van der Waals surface area contributed by atoms with E-state index in [1.165, 1.54) is 5.75 Å². The van der Waals surface area contributed by atoms with E-state index in [1.54, 1.807) is 7.11 Å². The molecule has 3 heteroatoms. The smallest absolute Gasteiger partial charge is 0.0615 e. The van der Waals surface area contributed by atoms with Gasteiger partial charge in [-0.3, -0.25) is 0 Å². The SMILES string of the molecule is CCC(COC)NCCSC(C)(C)C. The van der Waals surface area contributed by atoms with E-state index in [4.69, 9.17) is 4.74 Å².